The van der Waals surface area contributed by atoms with Crippen molar-refractivity contribution in [3.63, 3.8) is 0 Å². The van der Waals surface area contributed by atoms with E-state index < -0.39 is 0 Å². The van der Waals surface area contributed by atoms with Crippen molar-refractivity contribution in [1.29, 1.82) is 0 Å². The highest BCUT2D eigenvalue weighted by Crippen LogP contribution is 2.24. The van der Waals surface area contributed by atoms with Gasteiger partial charge in [0.25, 0.3) is 0 Å². The lowest BCUT2D eigenvalue weighted by Crippen LogP contribution is -2.22. The van der Waals surface area contributed by atoms with Gasteiger partial charge < -0.3 is 9.80 Å². The predicted molar refractivity (Wildman–Crippen MR) is 82.6 cm³/mol. The van der Waals surface area contributed by atoms with Crippen LogP contribution in [0.15, 0.2) is 42.6 Å². The van der Waals surface area contributed by atoms with Gasteiger partial charge in [-0.05, 0) is 38.0 Å². The molecule has 4 heteroatoms. The molecule has 1 saturated heterocycles. The lowest BCUT2D eigenvalue weighted by atomic mass is 10.3. The second kappa shape index (κ2) is 5.90. The standard InChI is InChI=1S/C16H20N4/c1-2-20(14-8-4-3-5-9-14)16-17-11-10-15(18-16)19-12-6-7-13-19/h3-5,8-11H,2,6-7,12-13H2,1H3. The molecule has 3 rings (SSSR count). The zero-order chi connectivity index (χ0) is 13.8. The molecule has 1 aliphatic rings. The van der Waals surface area contributed by atoms with E-state index in [1.807, 2.05) is 30.5 Å². The molecular weight excluding hydrogens is 248 g/mol. The van der Waals surface area contributed by atoms with Gasteiger partial charge in [0.2, 0.25) is 5.95 Å². The molecule has 1 aromatic heterocycles. The summed E-state index contributed by atoms with van der Waals surface area (Å²) in [5.74, 6) is 1.82. The minimum atomic E-state index is 0.781. The molecule has 1 aliphatic heterocycles. The van der Waals surface area contributed by atoms with Crippen molar-refractivity contribution in [3.05, 3.63) is 42.6 Å². The summed E-state index contributed by atoms with van der Waals surface area (Å²) in [5, 5.41) is 0. The highest BCUT2D eigenvalue weighted by atomic mass is 15.3. The maximum Gasteiger partial charge on any atom is 0.231 e. The third-order valence-corrected chi connectivity index (χ3v) is 3.68. The molecule has 20 heavy (non-hydrogen) atoms. The summed E-state index contributed by atoms with van der Waals surface area (Å²) in [4.78, 5) is 13.7. The SMILES string of the molecule is CCN(c1ccccc1)c1nccc(N2CCCC2)n1. The first-order chi connectivity index (χ1) is 9.88. The van der Waals surface area contributed by atoms with E-state index in [1.165, 1.54) is 12.8 Å². The van der Waals surface area contributed by atoms with Gasteiger partial charge in [0.05, 0.1) is 0 Å². The Balaban J connectivity index is 1.90. The van der Waals surface area contributed by atoms with Crippen LogP contribution in [-0.2, 0) is 0 Å². The molecule has 1 aromatic carbocycles. The van der Waals surface area contributed by atoms with Gasteiger partial charge >= 0.3 is 0 Å². The lowest BCUT2D eigenvalue weighted by Gasteiger charge is -2.23. The molecule has 2 heterocycles. The number of nitrogens with zero attached hydrogens (tertiary/aromatic N) is 4. The van der Waals surface area contributed by atoms with Gasteiger partial charge in [0, 0.05) is 31.5 Å². The number of rotatable bonds is 4. The van der Waals surface area contributed by atoms with Crippen LogP contribution >= 0.6 is 0 Å². The molecule has 4 nitrogen and oxygen atoms in total. The molecule has 0 atom stereocenters. The number of para-hydroxylation sites is 1. The van der Waals surface area contributed by atoms with E-state index in [0.29, 0.717) is 0 Å². The Morgan fingerprint density at radius 3 is 2.55 bits per heavy atom. The average Bonchev–Trinajstić information content (AvgIpc) is 3.04. The number of benzene rings is 1. The van der Waals surface area contributed by atoms with E-state index in [-0.39, 0.29) is 0 Å². The minimum absolute atomic E-state index is 0.781. The van der Waals surface area contributed by atoms with Crippen molar-refractivity contribution in [2.24, 2.45) is 0 Å². The Labute approximate surface area is 120 Å². The Morgan fingerprint density at radius 2 is 1.85 bits per heavy atom. The van der Waals surface area contributed by atoms with Crippen molar-refractivity contribution < 1.29 is 0 Å². The maximum atomic E-state index is 4.74. The van der Waals surface area contributed by atoms with Gasteiger partial charge in [-0.1, -0.05) is 18.2 Å². The normalized spacial score (nSPS) is 14.6. The zero-order valence-corrected chi connectivity index (χ0v) is 11.9. The van der Waals surface area contributed by atoms with Crippen molar-refractivity contribution >= 4 is 17.5 Å². The summed E-state index contributed by atoms with van der Waals surface area (Å²) in [6.45, 7) is 5.19. The van der Waals surface area contributed by atoms with E-state index in [1.54, 1.807) is 0 Å². The number of hydrogen-bond acceptors (Lipinski definition) is 4. The van der Waals surface area contributed by atoms with Crippen LogP contribution in [0.2, 0.25) is 0 Å². The summed E-state index contributed by atoms with van der Waals surface area (Å²) in [7, 11) is 0. The fraction of sp³-hybridized carbons (Fsp3) is 0.375. The largest absolute Gasteiger partial charge is 0.356 e. The smallest absolute Gasteiger partial charge is 0.231 e. The van der Waals surface area contributed by atoms with Crippen molar-refractivity contribution in [1.82, 2.24) is 9.97 Å². The van der Waals surface area contributed by atoms with E-state index in [4.69, 9.17) is 4.98 Å². The third-order valence-electron chi connectivity index (χ3n) is 3.68. The fourth-order valence-electron chi connectivity index (χ4n) is 2.64. The molecule has 2 aromatic rings. The van der Waals surface area contributed by atoms with Gasteiger partial charge in [-0.15, -0.1) is 0 Å². The van der Waals surface area contributed by atoms with Crippen LogP contribution in [0, 0.1) is 0 Å². The molecular formula is C16H20N4. The predicted octanol–water partition coefficient (Wildman–Crippen LogP) is 3.23. The van der Waals surface area contributed by atoms with Gasteiger partial charge in [0.1, 0.15) is 5.82 Å². The third kappa shape index (κ3) is 2.59. The molecule has 0 spiro atoms. The molecule has 0 saturated carbocycles. The number of hydrogen-bond donors (Lipinski definition) is 0. The monoisotopic (exact) mass is 268 g/mol. The van der Waals surface area contributed by atoms with Crippen LogP contribution in [0.25, 0.3) is 0 Å². The topological polar surface area (TPSA) is 32.3 Å². The van der Waals surface area contributed by atoms with Crippen LogP contribution < -0.4 is 9.80 Å². The molecule has 0 amide bonds. The Bertz CT molecular complexity index is 549. The number of aromatic nitrogens is 2. The van der Waals surface area contributed by atoms with E-state index >= 15 is 0 Å². The maximum absolute atomic E-state index is 4.74. The first-order valence-electron chi connectivity index (χ1n) is 7.29. The molecule has 104 valence electrons. The Hall–Kier alpha value is -2.10. The number of anilines is 3. The van der Waals surface area contributed by atoms with E-state index in [9.17, 15) is 0 Å². The second-order valence-corrected chi connectivity index (χ2v) is 4.99. The molecule has 0 N–H and O–H groups in total. The average molecular weight is 268 g/mol. The van der Waals surface area contributed by atoms with Crippen molar-refractivity contribution in [2.45, 2.75) is 19.8 Å². The van der Waals surface area contributed by atoms with Crippen LogP contribution in [0.1, 0.15) is 19.8 Å². The molecule has 0 unspecified atom stereocenters. The van der Waals surface area contributed by atoms with Gasteiger partial charge in [-0.25, -0.2) is 4.98 Å². The summed E-state index contributed by atoms with van der Waals surface area (Å²) >= 11 is 0. The first kappa shape index (κ1) is 12.9. The van der Waals surface area contributed by atoms with Gasteiger partial charge in [-0.3, -0.25) is 0 Å². The lowest BCUT2D eigenvalue weighted by molar-refractivity contribution is 0.897. The molecule has 0 radical (unpaired) electrons. The first-order valence-corrected chi connectivity index (χ1v) is 7.29. The van der Waals surface area contributed by atoms with Crippen molar-refractivity contribution in [2.75, 3.05) is 29.4 Å². The molecule has 0 aliphatic carbocycles. The Kier molecular flexibility index (Phi) is 3.81. The fourth-order valence-corrected chi connectivity index (χ4v) is 2.64. The van der Waals surface area contributed by atoms with Crippen LogP contribution in [-0.4, -0.2) is 29.6 Å². The minimum Gasteiger partial charge on any atom is -0.356 e. The highest BCUT2D eigenvalue weighted by molar-refractivity contribution is 5.58. The van der Waals surface area contributed by atoms with Gasteiger partial charge in [-0.2, -0.15) is 4.98 Å². The Morgan fingerprint density at radius 1 is 1.10 bits per heavy atom. The van der Waals surface area contributed by atoms with Crippen LogP contribution in [0.5, 0.6) is 0 Å². The highest BCUT2D eigenvalue weighted by Gasteiger charge is 2.16. The summed E-state index contributed by atoms with van der Waals surface area (Å²) < 4.78 is 0. The summed E-state index contributed by atoms with van der Waals surface area (Å²) in [5.41, 5.74) is 1.13. The van der Waals surface area contributed by atoms with Crippen molar-refractivity contribution in [3.8, 4) is 0 Å². The second-order valence-electron chi connectivity index (χ2n) is 4.99. The summed E-state index contributed by atoms with van der Waals surface area (Å²) in [6.07, 6.45) is 4.38. The molecule has 1 fully saturated rings. The van der Waals surface area contributed by atoms with E-state index in [2.05, 4.69) is 33.8 Å². The van der Waals surface area contributed by atoms with Crippen LogP contribution in [0.3, 0.4) is 0 Å². The van der Waals surface area contributed by atoms with Crippen LogP contribution in [0.4, 0.5) is 17.5 Å². The summed E-state index contributed by atoms with van der Waals surface area (Å²) in [6, 6.07) is 12.3. The van der Waals surface area contributed by atoms with E-state index in [0.717, 1.165) is 37.1 Å². The molecule has 0 bridgehead atoms. The van der Waals surface area contributed by atoms with Gasteiger partial charge in [0.15, 0.2) is 0 Å². The zero-order valence-electron chi connectivity index (χ0n) is 11.9. The quantitative estimate of drug-likeness (QED) is 0.852.